The number of nitrogens with one attached hydrogen (secondary N) is 1. The highest BCUT2D eigenvalue weighted by molar-refractivity contribution is 6.38. The van der Waals surface area contributed by atoms with Crippen LogP contribution in [0, 0.1) is 0 Å². The lowest BCUT2D eigenvalue weighted by Crippen LogP contribution is -2.04. The van der Waals surface area contributed by atoms with Crippen LogP contribution in [-0.4, -0.2) is 16.2 Å². The van der Waals surface area contributed by atoms with Crippen LogP contribution in [0.25, 0.3) is 28.1 Å². The Kier molecular flexibility index (Phi) is 5.19. The van der Waals surface area contributed by atoms with Crippen LogP contribution in [0.1, 0.15) is 17.5 Å². The molecule has 4 rings (SSSR count). The average Bonchev–Trinajstić information content (AvgIpc) is 3.00. The largest absolute Gasteiger partial charge is 0.416 e. The van der Waals surface area contributed by atoms with Gasteiger partial charge >= 0.3 is 6.18 Å². The monoisotopic (exact) mass is 455 g/mol. The van der Waals surface area contributed by atoms with E-state index in [1.807, 2.05) is 0 Å². The Morgan fingerprint density at radius 1 is 1.00 bits per heavy atom. The second-order valence-corrected chi connectivity index (χ2v) is 7.61. The van der Waals surface area contributed by atoms with E-state index >= 15 is 0 Å². The first-order chi connectivity index (χ1) is 13.7. The molecule has 2 heterocycles. The maximum atomic E-state index is 12.9. The fourth-order valence-electron chi connectivity index (χ4n) is 2.93. The first kappa shape index (κ1) is 20.0. The van der Waals surface area contributed by atoms with Crippen LogP contribution in [0.2, 0.25) is 5.02 Å². The normalized spacial score (nSPS) is 15.0. The van der Waals surface area contributed by atoms with Crippen molar-refractivity contribution in [3.8, 4) is 11.4 Å². The fraction of sp³-hybridized carbons (Fsp3) is 0.100. The Bertz CT molecular complexity index is 1210. The lowest BCUT2D eigenvalue weighted by Gasteiger charge is -2.07. The molecule has 0 saturated heterocycles. The number of alkyl halides is 3. The minimum atomic E-state index is -4.42. The number of halogens is 6. The second kappa shape index (κ2) is 7.52. The van der Waals surface area contributed by atoms with Gasteiger partial charge in [0.25, 0.3) is 0 Å². The van der Waals surface area contributed by atoms with E-state index in [4.69, 9.17) is 34.8 Å². The highest BCUT2D eigenvalue weighted by atomic mass is 35.5. The first-order valence-electron chi connectivity index (χ1n) is 8.38. The summed E-state index contributed by atoms with van der Waals surface area (Å²) in [6.45, 7) is 0. The van der Waals surface area contributed by atoms with Gasteiger partial charge in [0, 0.05) is 28.8 Å². The number of rotatable bonds is 2. The maximum Gasteiger partial charge on any atom is 0.416 e. The Labute approximate surface area is 178 Å². The summed E-state index contributed by atoms with van der Waals surface area (Å²) in [6.07, 6.45) is -0.692. The van der Waals surface area contributed by atoms with E-state index in [1.165, 1.54) is 6.07 Å². The molecule has 0 radical (unpaired) electrons. The standard InChI is InChI=1S/C20H11Cl3F3N3/c21-12-5-6-27-18(15(23)9-12)13-3-1-10(7-14(13)22)19-28-16-4-2-11(20(24,25)26)8-17(16)29-19/h1-4,6-9H,5H2,(H,28,29). The molecule has 0 bridgehead atoms. The molecule has 29 heavy (non-hydrogen) atoms. The Hall–Kier alpha value is -2.28. The van der Waals surface area contributed by atoms with Gasteiger partial charge in [-0.15, -0.1) is 0 Å². The smallest absolute Gasteiger partial charge is 0.338 e. The topological polar surface area (TPSA) is 41.0 Å². The molecule has 0 saturated carbocycles. The summed E-state index contributed by atoms with van der Waals surface area (Å²) in [6, 6.07) is 8.49. The van der Waals surface area contributed by atoms with Gasteiger partial charge in [-0.25, -0.2) is 4.98 Å². The molecule has 1 aromatic heterocycles. The van der Waals surface area contributed by atoms with Gasteiger partial charge in [-0.1, -0.05) is 46.9 Å². The fourth-order valence-corrected chi connectivity index (χ4v) is 3.71. The van der Waals surface area contributed by atoms with Crippen molar-refractivity contribution in [3.63, 3.8) is 0 Å². The highest BCUT2D eigenvalue weighted by Gasteiger charge is 2.30. The number of hydrogen-bond acceptors (Lipinski definition) is 2. The van der Waals surface area contributed by atoms with Gasteiger partial charge in [0.1, 0.15) is 5.82 Å². The van der Waals surface area contributed by atoms with Crippen molar-refractivity contribution in [2.75, 3.05) is 0 Å². The summed E-state index contributed by atoms with van der Waals surface area (Å²) < 4.78 is 38.7. The lowest BCUT2D eigenvalue weighted by molar-refractivity contribution is -0.137. The van der Waals surface area contributed by atoms with Crippen LogP contribution in [0.4, 0.5) is 13.2 Å². The molecule has 148 valence electrons. The summed E-state index contributed by atoms with van der Waals surface area (Å²) in [4.78, 5) is 11.6. The van der Waals surface area contributed by atoms with Crippen LogP contribution in [0.3, 0.4) is 0 Å². The van der Waals surface area contributed by atoms with Crippen molar-refractivity contribution in [3.05, 3.63) is 68.7 Å². The van der Waals surface area contributed by atoms with E-state index in [0.717, 1.165) is 12.1 Å². The number of H-pyrrole nitrogens is 1. The summed E-state index contributed by atoms with van der Waals surface area (Å²) >= 11 is 18.8. The van der Waals surface area contributed by atoms with E-state index in [9.17, 15) is 13.2 Å². The molecule has 0 spiro atoms. The van der Waals surface area contributed by atoms with Crippen LogP contribution in [0.5, 0.6) is 0 Å². The van der Waals surface area contributed by atoms with Gasteiger partial charge in [0.2, 0.25) is 0 Å². The summed E-state index contributed by atoms with van der Waals surface area (Å²) in [5.41, 5.74) is 1.67. The molecular weight excluding hydrogens is 446 g/mol. The van der Waals surface area contributed by atoms with Crippen molar-refractivity contribution >= 4 is 57.7 Å². The zero-order chi connectivity index (χ0) is 20.8. The predicted molar refractivity (Wildman–Crippen MR) is 111 cm³/mol. The Morgan fingerprint density at radius 3 is 2.52 bits per heavy atom. The zero-order valence-electron chi connectivity index (χ0n) is 14.5. The second-order valence-electron chi connectivity index (χ2n) is 6.31. The van der Waals surface area contributed by atoms with Crippen LogP contribution >= 0.6 is 34.8 Å². The van der Waals surface area contributed by atoms with Crippen molar-refractivity contribution in [2.45, 2.75) is 12.6 Å². The number of hydrogen-bond donors (Lipinski definition) is 1. The molecule has 0 atom stereocenters. The minimum Gasteiger partial charge on any atom is -0.338 e. The molecular formula is C20H11Cl3F3N3. The SMILES string of the molecule is FC(F)(F)c1ccc2nc(-c3ccc(C4=C(Cl)C=C(Cl)CC=N4)c(Cl)c3)[nH]c2c1. The van der Waals surface area contributed by atoms with E-state index in [2.05, 4.69) is 15.0 Å². The van der Waals surface area contributed by atoms with Crippen molar-refractivity contribution in [1.29, 1.82) is 0 Å². The number of aromatic amines is 1. The zero-order valence-corrected chi connectivity index (χ0v) is 16.8. The van der Waals surface area contributed by atoms with Crippen LogP contribution in [0.15, 0.2) is 57.5 Å². The van der Waals surface area contributed by atoms with E-state index in [1.54, 1.807) is 30.5 Å². The van der Waals surface area contributed by atoms with E-state index in [0.29, 0.717) is 49.7 Å². The summed E-state index contributed by atoms with van der Waals surface area (Å²) in [7, 11) is 0. The Balaban J connectivity index is 1.74. The molecule has 0 amide bonds. The molecule has 9 heteroatoms. The Morgan fingerprint density at radius 2 is 1.79 bits per heavy atom. The number of imidazole rings is 1. The quantitative estimate of drug-likeness (QED) is 0.428. The third-order valence-electron chi connectivity index (χ3n) is 4.32. The summed E-state index contributed by atoms with van der Waals surface area (Å²) in [5, 5.41) is 1.29. The molecule has 3 aromatic rings. The predicted octanol–water partition coefficient (Wildman–Crippen LogP) is 7.41. The molecule has 0 aliphatic carbocycles. The van der Waals surface area contributed by atoms with Crippen molar-refractivity contribution < 1.29 is 13.2 Å². The molecule has 1 aliphatic rings. The van der Waals surface area contributed by atoms with Crippen LogP contribution < -0.4 is 0 Å². The van der Waals surface area contributed by atoms with Gasteiger partial charge in [-0.05, 0) is 30.3 Å². The van der Waals surface area contributed by atoms with Gasteiger partial charge in [0.15, 0.2) is 0 Å². The molecule has 2 aromatic carbocycles. The number of nitrogens with zero attached hydrogens (tertiary/aromatic N) is 2. The molecule has 0 unspecified atom stereocenters. The van der Waals surface area contributed by atoms with Crippen LogP contribution in [-0.2, 0) is 6.18 Å². The van der Waals surface area contributed by atoms with Gasteiger partial charge < -0.3 is 4.98 Å². The average molecular weight is 457 g/mol. The number of fused-ring (bicyclic) bond motifs is 1. The van der Waals surface area contributed by atoms with E-state index in [-0.39, 0.29) is 5.52 Å². The lowest BCUT2D eigenvalue weighted by atomic mass is 10.1. The molecule has 1 aliphatic heterocycles. The van der Waals surface area contributed by atoms with Gasteiger partial charge in [0.05, 0.1) is 32.3 Å². The highest BCUT2D eigenvalue weighted by Crippen LogP contribution is 2.35. The first-order valence-corrected chi connectivity index (χ1v) is 9.51. The number of benzene rings is 2. The third-order valence-corrected chi connectivity index (χ3v) is 5.19. The van der Waals surface area contributed by atoms with E-state index < -0.39 is 11.7 Å². The molecule has 3 nitrogen and oxygen atoms in total. The number of aliphatic imine (C=N–C) groups is 1. The maximum absolute atomic E-state index is 12.9. The van der Waals surface area contributed by atoms with Crippen molar-refractivity contribution in [1.82, 2.24) is 9.97 Å². The van der Waals surface area contributed by atoms with Gasteiger partial charge in [-0.3, -0.25) is 4.99 Å². The molecule has 1 N–H and O–H groups in total. The summed E-state index contributed by atoms with van der Waals surface area (Å²) in [5.74, 6) is 0.403. The minimum absolute atomic E-state index is 0.286. The third kappa shape index (κ3) is 4.06. The number of allylic oxidation sites excluding steroid dienone is 3. The molecule has 0 fully saturated rings. The number of aromatic nitrogens is 2. The van der Waals surface area contributed by atoms with Gasteiger partial charge in [-0.2, -0.15) is 13.2 Å². The van der Waals surface area contributed by atoms with Crippen molar-refractivity contribution in [2.24, 2.45) is 4.99 Å².